The summed E-state index contributed by atoms with van der Waals surface area (Å²) in [5.74, 6) is 0. The average molecular weight is 738 g/mol. The number of thiol groups is 1. The minimum Gasteiger partial charge on any atom is -0.143 e. The Kier molecular flexibility index (Phi) is 17.5. The van der Waals surface area contributed by atoms with Crippen LogP contribution in [0.1, 0.15) is 230 Å². The van der Waals surface area contributed by atoms with Crippen molar-refractivity contribution in [1.29, 1.82) is 0 Å². The average Bonchev–Trinajstić information content (AvgIpc) is 3.49. The molecule has 0 saturated carbocycles. The van der Waals surface area contributed by atoms with Crippen LogP contribution in [0.25, 0.3) is 11.1 Å². The van der Waals surface area contributed by atoms with Crippen LogP contribution in [0.3, 0.4) is 0 Å². The molecule has 2 aliphatic rings. The van der Waals surface area contributed by atoms with E-state index in [0.29, 0.717) is 0 Å². The highest BCUT2D eigenvalue weighted by molar-refractivity contribution is 9.10. The fourth-order valence-electron chi connectivity index (χ4n) is 9.73. The molecule has 0 bridgehead atoms. The molecule has 48 heavy (non-hydrogen) atoms. The summed E-state index contributed by atoms with van der Waals surface area (Å²) in [5, 5.41) is 0. The highest BCUT2D eigenvalue weighted by Crippen LogP contribution is 2.66. The maximum Gasteiger partial charge on any atom is 0.0216 e. The second-order valence-electron chi connectivity index (χ2n) is 16.0. The van der Waals surface area contributed by atoms with Crippen molar-refractivity contribution in [3.05, 3.63) is 51.0 Å². The van der Waals surface area contributed by atoms with Crippen LogP contribution < -0.4 is 0 Å². The lowest BCUT2D eigenvalue weighted by Gasteiger charge is -2.38. The lowest BCUT2D eigenvalue weighted by molar-refractivity contribution is 0.383. The Bertz CT molecular complexity index is 1050. The normalized spacial score (nSPS) is 15.0. The van der Waals surface area contributed by atoms with E-state index in [9.17, 15) is 0 Å². The molecule has 0 amide bonds. The minimum atomic E-state index is 0.138. The maximum atomic E-state index is 5.23. The Balaban J connectivity index is 1.72. The first kappa shape index (κ1) is 40.0. The summed E-state index contributed by atoms with van der Waals surface area (Å²) in [6.07, 6.45) is 38.0. The Labute approximate surface area is 312 Å². The van der Waals surface area contributed by atoms with Crippen LogP contribution in [0.15, 0.2) is 33.6 Å². The number of unbranched alkanes of at least 4 members (excludes halogenated alkanes) is 20. The van der Waals surface area contributed by atoms with E-state index in [-0.39, 0.29) is 10.8 Å². The fraction of sp³-hybridized carbons (Fsp3) is 0.739. The van der Waals surface area contributed by atoms with Crippen LogP contribution in [0.5, 0.6) is 0 Å². The second-order valence-corrected chi connectivity index (χ2v) is 17.5. The van der Waals surface area contributed by atoms with E-state index in [0.717, 1.165) is 0 Å². The second kappa shape index (κ2) is 21.0. The molecule has 0 aliphatic heterocycles. The van der Waals surface area contributed by atoms with Gasteiger partial charge in [-0.15, -0.1) is 12.6 Å². The Morgan fingerprint density at radius 1 is 0.396 bits per heavy atom. The number of rotatable bonds is 28. The molecule has 0 radical (unpaired) electrons. The third-order valence-corrected chi connectivity index (χ3v) is 13.1. The largest absolute Gasteiger partial charge is 0.143 e. The molecule has 2 aromatic rings. The van der Waals surface area contributed by atoms with E-state index >= 15 is 0 Å². The zero-order valence-corrected chi connectivity index (χ0v) is 34.4. The number of hydrogen-bond acceptors (Lipinski definition) is 1. The molecule has 270 valence electrons. The molecule has 0 heterocycles. The van der Waals surface area contributed by atoms with Gasteiger partial charge in [-0.2, -0.15) is 0 Å². The van der Waals surface area contributed by atoms with Gasteiger partial charge in [0, 0.05) is 20.2 Å². The quantitative estimate of drug-likeness (QED) is 0.0652. The molecular formula is C46H73BrS. The third-order valence-electron chi connectivity index (χ3n) is 12.4. The van der Waals surface area contributed by atoms with Gasteiger partial charge in [0.05, 0.1) is 0 Å². The smallest absolute Gasteiger partial charge is 0.0216 e. The molecule has 0 N–H and O–H groups in total. The molecular weight excluding hydrogens is 664 g/mol. The van der Waals surface area contributed by atoms with Gasteiger partial charge in [-0.05, 0) is 83.3 Å². The van der Waals surface area contributed by atoms with Gasteiger partial charge in [0.1, 0.15) is 0 Å². The zero-order chi connectivity index (χ0) is 34.2. The monoisotopic (exact) mass is 736 g/mol. The molecule has 0 aromatic heterocycles. The maximum absolute atomic E-state index is 5.23. The van der Waals surface area contributed by atoms with Gasteiger partial charge in [-0.1, -0.05) is 198 Å². The van der Waals surface area contributed by atoms with Gasteiger partial charge in [0.15, 0.2) is 0 Å². The van der Waals surface area contributed by atoms with E-state index in [2.05, 4.69) is 67.9 Å². The van der Waals surface area contributed by atoms with Crippen molar-refractivity contribution < 1.29 is 0 Å². The first-order valence-corrected chi connectivity index (χ1v) is 22.5. The van der Waals surface area contributed by atoms with Gasteiger partial charge in [-0.3, -0.25) is 0 Å². The van der Waals surface area contributed by atoms with Gasteiger partial charge in [0.2, 0.25) is 0 Å². The van der Waals surface area contributed by atoms with Crippen molar-refractivity contribution in [3.63, 3.8) is 0 Å². The molecule has 2 aromatic carbocycles. The third kappa shape index (κ3) is 9.78. The Hall–Kier alpha value is -0.730. The van der Waals surface area contributed by atoms with E-state index in [1.54, 1.807) is 33.4 Å². The molecule has 0 unspecified atom stereocenters. The van der Waals surface area contributed by atoms with Crippen molar-refractivity contribution in [2.45, 2.75) is 223 Å². The van der Waals surface area contributed by atoms with Crippen molar-refractivity contribution in [2.75, 3.05) is 0 Å². The molecule has 0 nitrogen and oxygen atoms in total. The minimum absolute atomic E-state index is 0.138. The van der Waals surface area contributed by atoms with Crippen LogP contribution in [-0.4, -0.2) is 0 Å². The van der Waals surface area contributed by atoms with Gasteiger partial charge >= 0.3 is 0 Å². The van der Waals surface area contributed by atoms with E-state index in [1.165, 1.54) is 189 Å². The fourth-order valence-corrected chi connectivity index (χ4v) is 10.4. The van der Waals surface area contributed by atoms with E-state index < -0.39 is 0 Å². The summed E-state index contributed by atoms with van der Waals surface area (Å²) in [6.45, 7) is 9.34. The zero-order valence-electron chi connectivity index (χ0n) is 31.9. The standard InChI is InChI=1S/C46H73BrS/c1-5-9-13-17-21-25-29-45(30-26-22-18-14-10-6-2)39-33-37(47)34-40-43(39)44-41(45)35-38(48)36-42(44)46(40,31-27-23-19-15-11-7-3)32-28-24-20-16-12-8-4/h33-36,48H,5-32H2,1-4H3. The van der Waals surface area contributed by atoms with Crippen LogP contribution >= 0.6 is 28.6 Å². The number of benzene rings is 2. The molecule has 2 heteroatoms. The lowest BCUT2D eigenvalue weighted by Crippen LogP contribution is -2.30. The van der Waals surface area contributed by atoms with Crippen LogP contribution in [0.2, 0.25) is 0 Å². The summed E-state index contributed by atoms with van der Waals surface area (Å²) in [6, 6.07) is 10.2. The summed E-state index contributed by atoms with van der Waals surface area (Å²) < 4.78 is 1.32. The lowest BCUT2D eigenvalue weighted by atomic mass is 9.65. The molecule has 0 fully saturated rings. The highest BCUT2D eigenvalue weighted by atomic mass is 79.9. The molecule has 4 rings (SSSR count). The van der Waals surface area contributed by atoms with Crippen LogP contribution in [0.4, 0.5) is 0 Å². The van der Waals surface area contributed by atoms with E-state index in [4.69, 9.17) is 12.6 Å². The molecule has 0 saturated heterocycles. The molecule has 0 spiro atoms. The van der Waals surface area contributed by atoms with Crippen LogP contribution in [0, 0.1) is 0 Å². The first-order chi connectivity index (χ1) is 23.5. The van der Waals surface area contributed by atoms with Crippen molar-refractivity contribution in [1.82, 2.24) is 0 Å². The van der Waals surface area contributed by atoms with Crippen molar-refractivity contribution in [3.8, 4) is 11.1 Å². The molecule has 0 atom stereocenters. The summed E-state index contributed by atoms with van der Waals surface area (Å²) >= 11 is 9.38. The van der Waals surface area contributed by atoms with Crippen molar-refractivity contribution >= 4 is 28.6 Å². The SMILES string of the molecule is CCCCCCCCC1(CCCCCCCC)c2cc(S)cc3c2-c2c1cc(Br)cc2C3(CCCCCCCC)CCCCCCCC. The highest BCUT2D eigenvalue weighted by Gasteiger charge is 2.53. The molecule has 2 aliphatic carbocycles. The van der Waals surface area contributed by atoms with Gasteiger partial charge < -0.3 is 0 Å². The van der Waals surface area contributed by atoms with Gasteiger partial charge in [-0.25, -0.2) is 0 Å². The Morgan fingerprint density at radius 3 is 0.938 bits per heavy atom. The predicted molar refractivity (Wildman–Crippen MR) is 220 cm³/mol. The van der Waals surface area contributed by atoms with E-state index in [1.807, 2.05) is 0 Å². The first-order valence-electron chi connectivity index (χ1n) is 21.2. The van der Waals surface area contributed by atoms with Crippen LogP contribution in [-0.2, 0) is 10.8 Å². The summed E-state index contributed by atoms with van der Waals surface area (Å²) in [4.78, 5) is 1.21. The Morgan fingerprint density at radius 2 is 0.646 bits per heavy atom. The van der Waals surface area contributed by atoms with Gasteiger partial charge in [0.25, 0.3) is 0 Å². The van der Waals surface area contributed by atoms with Crippen molar-refractivity contribution in [2.24, 2.45) is 0 Å². The summed E-state index contributed by atoms with van der Waals surface area (Å²) in [7, 11) is 0. The predicted octanol–water partition coefficient (Wildman–Crippen LogP) is 16.6. The topological polar surface area (TPSA) is 0 Å². The number of halogens is 1. The summed E-state index contributed by atoms with van der Waals surface area (Å²) in [5.41, 5.74) is 10.3. The number of hydrogen-bond donors (Lipinski definition) is 1.